The summed E-state index contributed by atoms with van der Waals surface area (Å²) in [5.41, 5.74) is 0. The first-order chi connectivity index (χ1) is 24.7. The Morgan fingerprint density at radius 3 is 1.12 bits per heavy atom. The average Bonchev–Trinajstić information content (AvgIpc) is 3.12. The largest absolute Gasteiger partial charge is 0.394 e. The third kappa shape index (κ3) is 38.1. The van der Waals surface area contributed by atoms with Gasteiger partial charge in [0.1, 0.15) is 0 Å². The van der Waals surface area contributed by atoms with Gasteiger partial charge >= 0.3 is 0 Å². The van der Waals surface area contributed by atoms with Gasteiger partial charge in [0.15, 0.2) is 0 Å². The van der Waals surface area contributed by atoms with Gasteiger partial charge in [-0.2, -0.15) is 0 Å². The number of carbonyl (C=O) groups excluding carboxylic acids is 1. The molecular weight excluding hydrogens is 615 g/mol. The fourth-order valence-electron chi connectivity index (χ4n) is 6.94. The van der Waals surface area contributed by atoms with E-state index in [4.69, 9.17) is 0 Å². The molecule has 4 nitrogen and oxygen atoms in total. The smallest absolute Gasteiger partial charge is 0.220 e. The maximum absolute atomic E-state index is 12.4. The highest BCUT2D eigenvalue weighted by Crippen LogP contribution is 2.16. The molecule has 0 aromatic carbocycles. The van der Waals surface area contributed by atoms with E-state index in [0.717, 1.165) is 25.7 Å². The average molecular weight is 704 g/mol. The van der Waals surface area contributed by atoms with Crippen LogP contribution in [-0.2, 0) is 4.79 Å². The second-order valence-corrected chi connectivity index (χ2v) is 15.5. The number of aliphatic hydroxyl groups excluding tert-OH is 2. The molecule has 296 valence electrons. The van der Waals surface area contributed by atoms with E-state index in [0.29, 0.717) is 6.42 Å². The van der Waals surface area contributed by atoms with Gasteiger partial charge < -0.3 is 15.5 Å². The molecule has 0 bridgehead atoms. The minimum atomic E-state index is -0.838. The Labute approximate surface area is 313 Å². The number of hydrogen-bond donors (Lipinski definition) is 3. The number of nitrogens with one attached hydrogen (secondary N) is 1. The zero-order chi connectivity index (χ0) is 36.4. The van der Waals surface area contributed by atoms with Gasteiger partial charge in [-0.3, -0.25) is 4.79 Å². The summed E-state index contributed by atoms with van der Waals surface area (Å²) in [7, 11) is 0. The number of aliphatic hydroxyl groups is 2. The van der Waals surface area contributed by atoms with Crippen molar-refractivity contribution in [1.82, 2.24) is 5.32 Å². The second kappa shape index (κ2) is 42.3. The van der Waals surface area contributed by atoms with E-state index in [1.165, 1.54) is 199 Å². The molecule has 0 saturated carbocycles. The van der Waals surface area contributed by atoms with Crippen molar-refractivity contribution in [3.63, 3.8) is 0 Å². The molecular formula is C46H89NO3. The van der Waals surface area contributed by atoms with Gasteiger partial charge in [-0.05, 0) is 44.9 Å². The van der Waals surface area contributed by atoms with Gasteiger partial charge in [0, 0.05) is 6.42 Å². The van der Waals surface area contributed by atoms with Crippen molar-refractivity contribution in [3.05, 3.63) is 24.3 Å². The van der Waals surface area contributed by atoms with Gasteiger partial charge in [-0.15, -0.1) is 0 Å². The quantitative estimate of drug-likeness (QED) is 0.0438. The van der Waals surface area contributed by atoms with Crippen molar-refractivity contribution in [3.8, 4) is 0 Å². The van der Waals surface area contributed by atoms with E-state index >= 15 is 0 Å². The summed E-state index contributed by atoms with van der Waals surface area (Å²) in [5, 5.41) is 23.0. The Morgan fingerprint density at radius 1 is 0.460 bits per heavy atom. The molecule has 0 aliphatic rings. The lowest BCUT2D eigenvalue weighted by Crippen LogP contribution is -2.45. The van der Waals surface area contributed by atoms with Gasteiger partial charge in [0.05, 0.1) is 18.8 Å². The molecule has 2 unspecified atom stereocenters. The van der Waals surface area contributed by atoms with E-state index in [1.807, 2.05) is 6.08 Å². The summed E-state index contributed by atoms with van der Waals surface area (Å²) in [4.78, 5) is 12.4. The van der Waals surface area contributed by atoms with Crippen molar-refractivity contribution in [2.45, 2.75) is 257 Å². The lowest BCUT2D eigenvalue weighted by Gasteiger charge is -2.20. The summed E-state index contributed by atoms with van der Waals surface area (Å²) in [6.07, 6.45) is 54.3. The minimum Gasteiger partial charge on any atom is -0.394 e. The summed E-state index contributed by atoms with van der Waals surface area (Å²) in [6, 6.07) is -0.621. The van der Waals surface area contributed by atoms with Crippen molar-refractivity contribution < 1.29 is 15.0 Å². The van der Waals surface area contributed by atoms with Crippen LogP contribution in [0, 0.1) is 0 Å². The van der Waals surface area contributed by atoms with Crippen LogP contribution in [0.1, 0.15) is 245 Å². The molecule has 1 amide bonds. The van der Waals surface area contributed by atoms with Crippen molar-refractivity contribution in [1.29, 1.82) is 0 Å². The first-order valence-electron chi connectivity index (χ1n) is 22.6. The van der Waals surface area contributed by atoms with Crippen LogP contribution in [0.2, 0.25) is 0 Å². The maximum Gasteiger partial charge on any atom is 0.220 e. The zero-order valence-electron chi connectivity index (χ0n) is 33.9. The first kappa shape index (κ1) is 48.9. The summed E-state index contributed by atoms with van der Waals surface area (Å²) >= 11 is 0. The first-order valence-corrected chi connectivity index (χ1v) is 22.6. The number of unbranched alkanes of at least 4 members (excludes halogenated alkanes) is 32. The second-order valence-electron chi connectivity index (χ2n) is 15.5. The number of allylic oxidation sites excluding steroid dienone is 3. The molecule has 4 heteroatoms. The molecule has 0 aliphatic heterocycles. The Bertz CT molecular complexity index is 720. The lowest BCUT2D eigenvalue weighted by atomic mass is 10.0. The fourth-order valence-corrected chi connectivity index (χ4v) is 6.94. The highest BCUT2D eigenvalue weighted by Gasteiger charge is 2.17. The van der Waals surface area contributed by atoms with Crippen LogP contribution in [0.4, 0.5) is 0 Å². The predicted molar refractivity (Wildman–Crippen MR) is 221 cm³/mol. The van der Waals surface area contributed by atoms with E-state index in [9.17, 15) is 15.0 Å². The van der Waals surface area contributed by atoms with Crippen molar-refractivity contribution >= 4 is 5.91 Å². The van der Waals surface area contributed by atoms with E-state index in [-0.39, 0.29) is 12.5 Å². The Kier molecular flexibility index (Phi) is 41.3. The third-order valence-corrected chi connectivity index (χ3v) is 10.4. The van der Waals surface area contributed by atoms with Crippen LogP contribution < -0.4 is 5.32 Å². The topological polar surface area (TPSA) is 69.6 Å². The molecule has 0 radical (unpaired) electrons. The summed E-state index contributed by atoms with van der Waals surface area (Å²) in [6.45, 7) is 4.31. The Morgan fingerprint density at radius 2 is 0.760 bits per heavy atom. The highest BCUT2D eigenvalue weighted by atomic mass is 16.3. The molecule has 3 N–H and O–H groups in total. The minimum absolute atomic E-state index is 0.0673. The SMILES string of the molecule is CCCCCC/C=C\CCCCCCCCCC(=O)NC(CO)C(O)/C=C/CCCCCCCCCCCCCCCCCCCCCCC. The lowest BCUT2D eigenvalue weighted by molar-refractivity contribution is -0.123. The monoisotopic (exact) mass is 704 g/mol. The van der Waals surface area contributed by atoms with Gasteiger partial charge in [0.2, 0.25) is 5.91 Å². The molecule has 0 spiro atoms. The predicted octanol–water partition coefficient (Wildman–Crippen LogP) is 14.0. The number of amides is 1. The summed E-state index contributed by atoms with van der Waals surface area (Å²) < 4.78 is 0. The molecule has 0 aliphatic carbocycles. The molecule has 0 aromatic rings. The van der Waals surface area contributed by atoms with Crippen molar-refractivity contribution in [2.75, 3.05) is 6.61 Å². The van der Waals surface area contributed by atoms with Crippen LogP contribution in [0.3, 0.4) is 0 Å². The number of hydrogen-bond acceptors (Lipinski definition) is 3. The van der Waals surface area contributed by atoms with Crippen molar-refractivity contribution in [2.24, 2.45) is 0 Å². The zero-order valence-corrected chi connectivity index (χ0v) is 33.9. The number of rotatable bonds is 41. The molecule has 0 rings (SSSR count). The van der Waals surface area contributed by atoms with Gasteiger partial charge in [-0.1, -0.05) is 218 Å². The molecule has 0 heterocycles. The van der Waals surface area contributed by atoms with E-state index in [1.54, 1.807) is 6.08 Å². The maximum atomic E-state index is 12.4. The van der Waals surface area contributed by atoms with Crippen LogP contribution in [0.25, 0.3) is 0 Å². The third-order valence-electron chi connectivity index (χ3n) is 10.4. The van der Waals surface area contributed by atoms with Crippen LogP contribution >= 0.6 is 0 Å². The molecule has 50 heavy (non-hydrogen) atoms. The number of carbonyl (C=O) groups is 1. The van der Waals surface area contributed by atoms with E-state index in [2.05, 4.69) is 31.3 Å². The molecule has 0 saturated heterocycles. The fraction of sp³-hybridized carbons (Fsp3) is 0.891. The normalized spacial score (nSPS) is 13.1. The van der Waals surface area contributed by atoms with Gasteiger partial charge in [0.25, 0.3) is 0 Å². The Balaban J connectivity index is 3.53. The van der Waals surface area contributed by atoms with E-state index < -0.39 is 12.1 Å². The summed E-state index contributed by atoms with van der Waals surface area (Å²) in [5.74, 6) is -0.0673. The highest BCUT2D eigenvalue weighted by molar-refractivity contribution is 5.76. The molecule has 0 fully saturated rings. The molecule has 0 aromatic heterocycles. The van der Waals surface area contributed by atoms with Gasteiger partial charge in [-0.25, -0.2) is 0 Å². The molecule has 2 atom stereocenters. The Hall–Kier alpha value is -1.13. The standard InChI is InChI=1S/C46H89NO3/c1-3-5-7-9-11-13-15-17-19-20-21-22-23-24-25-26-28-29-31-33-35-37-39-41-45(49)44(43-48)47-46(50)42-40-38-36-34-32-30-27-18-16-14-12-10-8-6-4-2/h14,16,39,41,44-45,48-49H,3-13,15,17-38,40,42-43H2,1-2H3,(H,47,50)/b16-14-,41-39+. The van der Waals surface area contributed by atoms with Crippen LogP contribution in [0.5, 0.6) is 0 Å². The van der Waals surface area contributed by atoms with Crippen LogP contribution in [0.15, 0.2) is 24.3 Å². The van der Waals surface area contributed by atoms with Crippen LogP contribution in [-0.4, -0.2) is 34.9 Å².